The Hall–Kier alpha value is -0.280. The summed E-state index contributed by atoms with van der Waals surface area (Å²) in [6.07, 6.45) is 4.33. The van der Waals surface area contributed by atoms with Gasteiger partial charge < -0.3 is 0 Å². The summed E-state index contributed by atoms with van der Waals surface area (Å²) in [5.74, 6) is 0.467. The molecule has 72 valence electrons. The predicted molar refractivity (Wildman–Crippen MR) is 48.4 cm³/mol. The van der Waals surface area contributed by atoms with Gasteiger partial charge in [0.15, 0.2) is 0 Å². The summed E-state index contributed by atoms with van der Waals surface area (Å²) < 4.78 is 0. The van der Waals surface area contributed by atoms with E-state index in [1.807, 2.05) is 0 Å². The van der Waals surface area contributed by atoms with Crippen molar-refractivity contribution in [1.29, 1.82) is 0 Å². The number of nitrogens with zero attached hydrogens (tertiary/aromatic N) is 1. The lowest BCUT2D eigenvalue weighted by molar-refractivity contribution is -0.159. The van der Waals surface area contributed by atoms with E-state index >= 15 is 0 Å². The SMILES string of the molecule is CN(O)C(=O)CCCCCCCl. The molecular formula is C8H16ClNO2. The maximum absolute atomic E-state index is 10.8. The number of rotatable bonds is 6. The molecule has 0 rings (SSSR count). The summed E-state index contributed by atoms with van der Waals surface area (Å²) in [7, 11) is 1.35. The maximum atomic E-state index is 10.8. The Labute approximate surface area is 78.3 Å². The highest BCUT2D eigenvalue weighted by Gasteiger charge is 2.03. The number of carbonyl (C=O) groups excluding carboxylic acids is 1. The quantitative estimate of drug-likeness (QED) is 0.304. The molecule has 0 unspecified atom stereocenters. The van der Waals surface area contributed by atoms with E-state index in [9.17, 15) is 4.79 Å². The summed E-state index contributed by atoms with van der Waals surface area (Å²) in [6.45, 7) is 0. The average Bonchev–Trinajstić information content (AvgIpc) is 2.03. The van der Waals surface area contributed by atoms with Gasteiger partial charge >= 0.3 is 0 Å². The molecule has 3 nitrogen and oxygen atoms in total. The molecule has 0 saturated heterocycles. The van der Waals surface area contributed by atoms with Gasteiger partial charge in [0.05, 0.1) is 0 Å². The van der Waals surface area contributed by atoms with Crippen LogP contribution in [0, 0.1) is 0 Å². The molecule has 0 bridgehead atoms. The van der Waals surface area contributed by atoms with Gasteiger partial charge in [-0.15, -0.1) is 11.6 Å². The van der Waals surface area contributed by atoms with Gasteiger partial charge in [0.2, 0.25) is 5.91 Å². The monoisotopic (exact) mass is 193 g/mol. The van der Waals surface area contributed by atoms with Crippen LogP contribution in [0.5, 0.6) is 0 Å². The number of carbonyl (C=O) groups is 1. The number of hydroxylamine groups is 2. The van der Waals surface area contributed by atoms with Crippen molar-refractivity contribution in [1.82, 2.24) is 5.06 Å². The van der Waals surface area contributed by atoms with Crippen LogP contribution in [0.4, 0.5) is 0 Å². The second-order valence-corrected chi connectivity index (χ2v) is 3.15. The van der Waals surface area contributed by atoms with E-state index in [1.54, 1.807) is 0 Å². The molecule has 12 heavy (non-hydrogen) atoms. The van der Waals surface area contributed by atoms with E-state index in [-0.39, 0.29) is 5.91 Å². The molecular weight excluding hydrogens is 178 g/mol. The molecule has 1 amide bonds. The summed E-state index contributed by atoms with van der Waals surface area (Å²) in [5.41, 5.74) is 0. The van der Waals surface area contributed by atoms with Crippen LogP contribution in [-0.2, 0) is 4.79 Å². The third kappa shape index (κ3) is 6.43. The van der Waals surface area contributed by atoms with Crippen LogP contribution in [-0.4, -0.2) is 29.1 Å². The molecule has 0 aliphatic carbocycles. The lowest BCUT2D eigenvalue weighted by Gasteiger charge is -2.07. The molecule has 0 heterocycles. The third-order valence-electron chi connectivity index (χ3n) is 1.64. The van der Waals surface area contributed by atoms with Crippen molar-refractivity contribution < 1.29 is 10.0 Å². The summed E-state index contributed by atoms with van der Waals surface area (Å²) >= 11 is 5.48. The highest BCUT2D eigenvalue weighted by Crippen LogP contribution is 2.04. The second-order valence-electron chi connectivity index (χ2n) is 2.77. The molecule has 0 radical (unpaired) electrons. The highest BCUT2D eigenvalue weighted by molar-refractivity contribution is 6.17. The smallest absolute Gasteiger partial charge is 0.245 e. The minimum absolute atomic E-state index is 0.221. The van der Waals surface area contributed by atoms with Gasteiger partial charge in [-0.1, -0.05) is 12.8 Å². The van der Waals surface area contributed by atoms with Crippen molar-refractivity contribution in [3.05, 3.63) is 0 Å². The number of unbranched alkanes of at least 4 members (excludes halogenated alkanes) is 3. The molecule has 4 heteroatoms. The van der Waals surface area contributed by atoms with E-state index in [4.69, 9.17) is 16.8 Å². The molecule has 0 aromatic carbocycles. The number of alkyl halides is 1. The molecule has 0 saturated carbocycles. The fourth-order valence-corrected chi connectivity index (χ4v) is 1.08. The Morgan fingerprint density at radius 1 is 1.33 bits per heavy atom. The van der Waals surface area contributed by atoms with Crippen LogP contribution >= 0.6 is 11.6 Å². The van der Waals surface area contributed by atoms with Crippen LogP contribution in [0.3, 0.4) is 0 Å². The Kier molecular flexibility index (Phi) is 7.20. The first-order valence-electron chi connectivity index (χ1n) is 4.20. The summed E-state index contributed by atoms with van der Waals surface area (Å²) in [6, 6.07) is 0. The number of halogens is 1. The zero-order chi connectivity index (χ0) is 9.40. The average molecular weight is 194 g/mol. The van der Waals surface area contributed by atoms with Gasteiger partial charge in [0.25, 0.3) is 0 Å². The summed E-state index contributed by atoms with van der Waals surface area (Å²) in [5, 5.41) is 9.33. The van der Waals surface area contributed by atoms with Crippen molar-refractivity contribution >= 4 is 17.5 Å². The molecule has 0 aromatic rings. The number of amides is 1. The lowest BCUT2D eigenvalue weighted by atomic mass is 10.1. The fourth-order valence-electron chi connectivity index (χ4n) is 0.886. The fraction of sp³-hybridized carbons (Fsp3) is 0.875. The summed E-state index contributed by atoms with van der Waals surface area (Å²) in [4.78, 5) is 10.8. The molecule has 0 fully saturated rings. The van der Waals surface area contributed by atoms with Crippen LogP contribution in [0.25, 0.3) is 0 Å². The van der Waals surface area contributed by atoms with Gasteiger partial charge in [-0.05, 0) is 12.8 Å². The molecule has 0 spiro atoms. The minimum atomic E-state index is -0.221. The van der Waals surface area contributed by atoms with Gasteiger partial charge in [-0.2, -0.15) is 0 Å². The van der Waals surface area contributed by atoms with E-state index in [1.165, 1.54) is 7.05 Å². The van der Waals surface area contributed by atoms with Gasteiger partial charge in [-0.25, -0.2) is 5.06 Å². The van der Waals surface area contributed by atoms with Crippen molar-refractivity contribution in [2.45, 2.75) is 32.1 Å². The van der Waals surface area contributed by atoms with E-state index in [0.717, 1.165) is 25.7 Å². The third-order valence-corrected chi connectivity index (χ3v) is 1.90. The molecule has 1 N–H and O–H groups in total. The zero-order valence-corrected chi connectivity index (χ0v) is 8.18. The van der Waals surface area contributed by atoms with Gasteiger partial charge in [-0.3, -0.25) is 10.0 Å². The van der Waals surface area contributed by atoms with E-state index in [0.29, 0.717) is 17.4 Å². The van der Waals surface area contributed by atoms with Crippen LogP contribution in [0.2, 0.25) is 0 Å². The lowest BCUT2D eigenvalue weighted by Crippen LogP contribution is -2.21. The molecule has 0 aliphatic heterocycles. The van der Waals surface area contributed by atoms with Crippen molar-refractivity contribution in [2.24, 2.45) is 0 Å². The second kappa shape index (κ2) is 7.37. The topological polar surface area (TPSA) is 40.5 Å². The Bertz CT molecular complexity index is 128. The number of hydrogen-bond acceptors (Lipinski definition) is 2. The first-order valence-corrected chi connectivity index (χ1v) is 4.73. The van der Waals surface area contributed by atoms with Crippen molar-refractivity contribution in [3.8, 4) is 0 Å². The first kappa shape index (κ1) is 11.7. The molecule has 0 aromatic heterocycles. The zero-order valence-electron chi connectivity index (χ0n) is 7.42. The van der Waals surface area contributed by atoms with Gasteiger partial charge in [0, 0.05) is 19.3 Å². The highest BCUT2D eigenvalue weighted by atomic mass is 35.5. The Morgan fingerprint density at radius 3 is 2.42 bits per heavy atom. The van der Waals surface area contributed by atoms with Crippen LogP contribution < -0.4 is 0 Å². The molecule has 0 aliphatic rings. The van der Waals surface area contributed by atoms with Crippen LogP contribution in [0.1, 0.15) is 32.1 Å². The van der Waals surface area contributed by atoms with E-state index in [2.05, 4.69) is 0 Å². The maximum Gasteiger partial charge on any atom is 0.245 e. The molecule has 0 atom stereocenters. The van der Waals surface area contributed by atoms with Crippen LogP contribution in [0.15, 0.2) is 0 Å². The standard InChI is InChI=1S/C8H16ClNO2/c1-10(12)8(11)6-4-2-3-5-7-9/h12H,2-7H2,1H3. The number of hydrogen-bond donors (Lipinski definition) is 1. The predicted octanol–water partition coefficient (Wildman–Crippen LogP) is 2.02. The van der Waals surface area contributed by atoms with Crippen molar-refractivity contribution in [3.63, 3.8) is 0 Å². The first-order chi connectivity index (χ1) is 5.68. The van der Waals surface area contributed by atoms with E-state index < -0.39 is 0 Å². The van der Waals surface area contributed by atoms with Crippen molar-refractivity contribution in [2.75, 3.05) is 12.9 Å². The van der Waals surface area contributed by atoms with Gasteiger partial charge in [0.1, 0.15) is 0 Å². The Balaban J connectivity index is 3.14. The minimum Gasteiger partial charge on any atom is -0.286 e. The largest absolute Gasteiger partial charge is 0.286 e. The Morgan fingerprint density at radius 2 is 1.92 bits per heavy atom. The normalized spacial score (nSPS) is 9.92.